The van der Waals surface area contributed by atoms with Crippen molar-refractivity contribution in [3.8, 4) is 11.5 Å². The highest BCUT2D eigenvalue weighted by atomic mass is 79.9. The molecular formula is C11H12Br2N4O. The van der Waals surface area contributed by atoms with Gasteiger partial charge in [-0.3, -0.25) is 4.98 Å². The van der Waals surface area contributed by atoms with E-state index < -0.39 is 0 Å². The van der Waals surface area contributed by atoms with Gasteiger partial charge in [-0.1, -0.05) is 5.16 Å². The number of halogens is 2. The van der Waals surface area contributed by atoms with Crippen LogP contribution in [0.5, 0.6) is 0 Å². The molecule has 0 saturated heterocycles. The van der Waals surface area contributed by atoms with Crippen LogP contribution < -0.4 is 5.32 Å². The quantitative estimate of drug-likeness (QED) is 0.814. The lowest BCUT2D eigenvalue weighted by molar-refractivity contribution is 0.375. The molecule has 2 rings (SSSR count). The third-order valence-corrected chi connectivity index (χ3v) is 3.34. The zero-order valence-corrected chi connectivity index (χ0v) is 13.0. The van der Waals surface area contributed by atoms with E-state index in [2.05, 4.69) is 52.3 Å². The number of aromatic nitrogens is 3. The number of hydrogen-bond acceptors (Lipinski definition) is 5. The zero-order valence-electron chi connectivity index (χ0n) is 9.78. The second-order valence-corrected chi connectivity index (χ2v) is 5.47. The van der Waals surface area contributed by atoms with Gasteiger partial charge in [0.2, 0.25) is 11.7 Å². The molecule has 2 aromatic rings. The summed E-state index contributed by atoms with van der Waals surface area (Å²) in [5.41, 5.74) is 0.682. The molecular weight excluding hydrogens is 364 g/mol. The first-order chi connectivity index (χ1) is 8.70. The van der Waals surface area contributed by atoms with Crippen molar-refractivity contribution >= 4 is 31.9 Å². The second kappa shape index (κ2) is 6.40. The van der Waals surface area contributed by atoms with Crippen LogP contribution in [0.25, 0.3) is 11.5 Å². The van der Waals surface area contributed by atoms with Crippen LogP contribution in [0.15, 0.2) is 25.7 Å². The Morgan fingerprint density at radius 1 is 1.39 bits per heavy atom. The number of pyridine rings is 1. The summed E-state index contributed by atoms with van der Waals surface area (Å²) in [6.07, 6.45) is 3.44. The van der Waals surface area contributed by atoms with Crippen molar-refractivity contribution < 1.29 is 4.52 Å². The minimum Gasteiger partial charge on any atom is -0.339 e. The Morgan fingerprint density at radius 3 is 2.94 bits per heavy atom. The molecule has 2 heterocycles. The fraction of sp³-hybridized carbons (Fsp3) is 0.364. The lowest BCUT2D eigenvalue weighted by Gasteiger charge is -1.98. The van der Waals surface area contributed by atoms with E-state index in [1.807, 2.05) is 13.1 Å². The summed E-state index contributed by atoms with van der Waals surface area (Å²) in [6, 6.07) is 1.90. The van der Waals surface area contributed by atoms with E-state index in [1.165, 1.54) is 0 Å². The number of nitrogens with one attached hydrogen (secondary N) is 1. The van der Waals surface area contributed by atoms with Gasteiger partial charge in [0.05, 0.1) is 0 Å². The summed E-state index contributed by atoms with van der Waals surface area (Å²) in [7, 11) is 1.92. The Balaban J connectivity index is 2.13. The molecule has 0 aliphatic rings. The van der Waals surface area contributed by atoms with Gasteiger partial charge in [-0.2, -0.15) is 4.98 Å². The normalized spacial score (nSPS) is 10.8. The monoisotopic (exact) mass is 374 g/mol. The lowest BCUT2D eigenvalue weighted by Crippen LogP contribution is -2.08. The van der Waals surface area contributed by atoms with E-state index in [9.17, 15) is 0 Å². The molecule has 0 amide bonds. The molecule has 0 bridgehead atoms. The maximum absolute atomic E-state index is 5.19. The number of aryl methyl sites for hydroxylation is 1. The first-order valence-corrected chi connectivity index (χ1v) is 7.08. The molecule has 0 aliphatic heterocycles. The Hall–Kier alpha value is -0.790. The minimum absolute atomic E-state index is 0.508. The van der Waals surface area contributed by atoms with Crippen molar-refractivity contribution in [1.29, 1.82) is 0 Å². The summed E-state index contributed by atoms with van der Waals surface area (Å²) >= 11 is 6.79. The van der Waals surface area contributed by atoms with E-state index in [-0.39, 0.29) is 0 Å². The minimum atomic E-state index is 0.508. The van der Waals surface area contributed by atoms with Gasteiger partial charge in [0.15, 0.2) is 0 Å². The highest BCUT2D eigenvalue weighted by Crippen LogP contribution is 2.26. The van der Waals surface area contributed by atoms with Gasteiger partial charge in [-0.25, -0.2) is 0 Å². The number of nitrogens with zero attached hydrogens (tertiary/aromatic N) is 3. The third-order valence-electron chi connectivity index (χ3n) is 2.31. The Bertz CT molecular complexity index is 530. The van der Waals surface area contributed by atoms with Crippen LogP contribution in [0.3, 0.4) is 0 Å². The van der Waals surface area contributed by atoms with E-state index in [4.69, 9.17) is 4.52 Å². The molecule has 7 heteroatoms. The van der Waals surface area contributed by atoms with Gasteiger partial charge < -0.3 is 9.84 Å². The van der Waals surface area contributed by atoms with E-state index in [0.29, 0.717) is 17.4 Å². The summed E-state index contributed by atoms with van der Waals surface area (Å²) in [6.45, 7) is 0.929. The Morgan fingerprint density at radius 2 is 2.22 bits per heavy atom. The van der Waals surface area contributed by atoms with Crippen molar-refractivity contribution in [1.82, 2.24) is 20.4 Å². The lowest BCUT2D eigenvalue weighted by atomic mass is 10.3. The molecule has 0 radical (unpaired) electrons. The van der Waals surface area contributed by atoms with Gasteiger partial charge in [0, 0.05) is 21.6 Å². The van der Waals surface area contributed by atoms with Crippen LogP contribution in [-0.4, -0.2) is 28.7 Å². The number of rotatable bonds is 5. The first kappa shape index (κ1) is 13.6. The van der Waals surface area contributed by atoms with Crippen molar-refractivity contribution in [2.75, 3.05) is 13.6 Å². The predicted octanol–water partition coefficient (Wildman–Crippen LogP) is 2.81. The van der Waals surface area contributed by atoms with Crippen LogP contribution in [-0.2, 0) is 6.42 Å². The maximum Gasteiger partial charge on any atom is 0.227 e. The molecule has 0 spiro atoms. The van der Waals surface area contributed by atoms with E-state index in [0.717, 1.165) is 28.3 Å². The van der Waals surface area contributed by atoms with Crippen LogP contribution in [0.4, 0.5) is 0 Å². The summed E-state index contributed by atoms with van der Waals surface area (Å²) < 4.78 is 6.92. The van der Waals surface area contributed by atoms with Crippen molar-refractivity contribution in [3.05, 3.63) is 27.1 Å². The molecule has 0 atom stereocenters. The van der Waals surface area contributed by atoms with Gasteiger partial charge in [0.1, 0.15) is 5.69 Å². The van der Waals surface area contributed by atoms with Crippen molar-refractivity contribution in [2.24, 2.45) is 0 Å². The zero-order chi connectivity index (χ0) is 13.0. The summed E-state index contributed by atoms with van der Waals surface area (Å²) in [4.78, 5) is 8.60. The summed E-state index contributed by atoms with van der Waals surface area (Å²) in [5.74, 6) is 1.14. The van der Waals surface area contributed by atoms with Gasteiger partial charge in [-0.05, 0) is 57.9 Å². The van der Waals surface area contributed by atoms with Gasteiger partial charge in [-0.15, -0.1) is 0 Å². The topological polar surface area (TPSA) is 63.8 Å². The highest BCUT2D eigenvalue weighted by Gasteiger charge is 2.13. The average Bonchev–Trinajstić information content (AvgIpc) is 2.78. The molecule has 96 valence electrons. The first-order valence-electron chi connectivity index (χ1n) is 5.49. The Kier molecular flexibility index (Phi) is 4.85. The largest absolute Gasteiger partial charge is 0.339 e. The fourth-order valence-corrected chi connectivity index (χ4v) is 2.61. The second-order valence-electron chi connectivity index (χ2n) is 3.70. The molecule has 0 unspecified atom stereocenters. The molecule has 5 nitrogen and oxygen atoms in total. The highest BCUT2D eigenvalue weighted by molar-refractivity contribution is 9.11. The number of hydrogen-bond donors (Lipinski definition) is 1. The van der Waals surface area contributed by atoms with Crippen LogP contribution in [0, 0.1) is 0 Å². The molecule has 1 N–H and O–H groups in total. The molecule has 0 aliphatic carbocycles. The third kappa shape index (κ3) is 3.37. The maximum atomic E-state index is 5.19. The molecule has 2 aromatic heterocycles. The SMILES string of the molecule is CNCCCc1nc(-c2ncc(Br)cc2Br)no1. The van der Waals surface area contributed by atoms with Crippen LogP contribution in [0.1, 0.15) is 12.3 Å². The predicted molar refractivity (Wildman–Crippen MR) is 75.2 cm³/mol. The van der Waals surface area contributed by atoms with Crippen LogP contribution >= 0.6 is 31.9 Å². The fourth-order valence-electron chi connectivity index (χ4n) is 1.45. The standard InChI is InChI=1S/C11H12Br2N4O/c1-14-4-2-3-9-16-11(17-18-9)10-8(13)5-7(12)6-15-10/h5-6,14H,2-4H2,1H3. The molecule has 0 fully saturated rings. The molecule has 18 heavy (non-hydrogen) atoms. The van der Waals surface area contributed by atoms with Gasteiger partial charge >= 0.3 is 0 Å². The van der Waals surface area contributed by atoms with Crippen molar-refractivity contribution in [2.45, 2.75) is 12.8 Å². The van der Waals surface area contributed by atoms with E-state index in [1.54, 1.807) is 6.20 Å². The van der Waals surface area contributed by atoms with Gasteiger partial charge in [0.25, 0.3) is 0 Å². The Labute approximate surface area is 122 Å². The summed E-state index contributed by atoms with van der Waals surface area (Å²) in [5, 5.41) is 7.02. The van der Waals surface area contributed by atoms with Crippen molar-refractivity contribution in [3.63, 3.8) is 0 Å². The smallest absolute Gasteiger partial charge is 0.227 e. The molecule has 0 saturated carbocycles. The molecule has 0 aromatic carbocycles. The average molecular weight is 376 g/mol. The van der Waals surface area contributed by atoms with Crippen LogP contribution in [0.2, 0.25) is 0 Å². The van der Waals surface area contributed by atoms with E-state index >= 15 is 0 Å².